The molecular weight excluding hydrogens is 460 g/mol. The Morgan fingerprint density at radius 2 is 1.79 bits per heavy atom. The largest absolute Gasteiger partial charge is 0.465 e. The highest BCUT2D eigenvalue weighted by Crippen LogP contribution is 2.39. The first-order valence-electron chi connectivity index (χ1n) is 10.4. The summed E-state index contributed by atoms with van der Waals surface area (Å²) in [6.07, 6.45) is 2.59. The van der Waals surface area contributed by atoms with E-state index in [1.165, 1.54) is 24.5 Å². The van der Waals surface area contributed by atoms with Gasteiger partial charge in [-0.2, -0.15) is 0 Å². The molecule has 2 aromatic carbocycles. The van der Waals surface area contributed by atoms with Crippen LogP contribution in [0.4, 0.5) is 10.7 Å². The molecule has 9 heteroatoms. The molecule has 0 atom stereocenters. The number of hydrogen-bond donors (Lipinski definition) is 2. The van der Waals surface area contributed by atoms with Gasteiger partial charge >= 0.3 is 5.97 Å². The van der Waals surface area contributed by atoms with Crippen LogP contribution in [0.3, 0.4) is 0 Å². The number of carbonyl (C=O) groups is 2. The van der Waals surface area contributed by atoms with Crippen LogP contribution < -0.4 is 10.0 Å². The Labute approximate surface area is 196 Å². The predicted molar refractivity (Wildman–Crippen MR) is 129 cm³/mol. The zero-order valence-electron chi connectivity index (χ0n) is 18.5. The molecule has 172 valence electrons. The topological polar surface area (TPSA) is 102 Å². The Kier molecular flexibility index (Phi) is 6.27. The summed E-state index contributed by atoms with van der Waals surface area (Å²) in [7, 11) is -2.61. The zero-order valence-corrected chi connectivity index (χ0v) is 20.2. The van der Waals surface area contributed by atoms with Crippen LogP contribution in [-0.2, 0) is 27.6 Å². The normalized spacial score (nSPS) is 12.8. The monoisotopic (exact) mass is 484 g/mol. The number of anilines is 2. The highest BCUT2D eigenvalue weighted by atomic mass is 32.2. The Hall–Kier alpha value is -3.17. The van der Waals surface area contributed by atoms with Crippen molar-refractivity contribution in [2.75, 3.05) is 17.1 Å². The van der Waals surface area contributed by atoms with Crippen molar-refractivity contribution in [2.45, 2.75) is 38.0 Å². The van der Waals surface area contributed by atoms with Crippen LogP contribution in [0.1, 0.15) is 48.7 Å². The third kappa shape index (κ3) is 4.51. The number of amides is 1. The Morgan fingerprint density at radius 1 is 1.03 bits per heavy atom. The second-order valence-electron chi connectivity index (χ2n) is 7.91. The first kappa shape index (κ1) is 23.0. The molecule has 1 aliphatic rings. The average molecular weight is 485 g/mol. The summed E-state index contributed by atoms with van der Waals surface area (Å²) in [5.74, 6) is -0.980. The summed E-state index contributed by atoms with van der Waals surface area (Å²) >= 11 is 1.37. The molecule has 2 N–H and O–H groups in total. The van der Waals surface area contributed by atoms with Crippen molar-refractivity contribution in [3.05, 3.63) is 75.2 Å². The minimum Gasteiger partial charge on any atom is -0.465 e. The van der Waals surface area contributed by atoms with Crippen LogP contribution in [0.5, 0.6) is 0 Å². The predicted octanol–water partition coefficient (Wildman–Crippen LogP) is 4.69. The second kappa shape index (κ2) is 8.99. The van der Waals surface area contributed by atoms with E-state index in [-0.39, 0.29) is 10.5 Å². The van der Waals surface area contributed by atoms with Crippen LogP contribution in [0.15, 0.2) is 47.4 Å². The molecule has 0 fully saturated rings. The first-order chi connectivity index (χ1) is 15.7. The highest BCUT2D eigenvalue weighted by molar-refractivity contribution is 7.92. The third-order valence-electron chi connectivity index (χ3n) is 5.67. The van der Waals surface area contributed by atoms with E-state index in [2.05, 4.69) is 10.0 Å². The van der Waals surface area contributed by atoms with Crippen LogP contribution in [0.2, 0.25) is 0 Å². The van der Waals surface area contributed by atoms with E-state index in [9.17, 15) is 18.0 Å². The van der Waals surface area contributed by atoms with E-state index in [0.29, 0.717) is 21.8 Å². The van der Waals surface area contributed by atoms with Crippen molar-refractivity contribution in [1.82, 2.24) is 0 Å². The number of methoxy groups -OCH3 is 1. The Balaban J connectivity index is 1.64. The quantitative estimate of drug-likeness (QED) is 0.494. The molecular formula is C24H24N2O5S2. The number of nitrogens with one attached hydrogen (secondary N) is 2. The summed E-state index contributed by atoms with van der Waals surface area (Å²) in [6.45, 7) is 3.49. The SMILES string of the molecule is COC(=O)c1c(NC(=O)c2ccc(C)c(S(=O)(=O)Nc3ccccc3C)c2)sc2c1CCC2. The number of carbonyl (C=O) groups excluding carboxylic acids is 2. The summed E-state index contributed by atoms with van der Waals surface area (Å²) in [6, 6.07) is 11.6. The molecule has 33 heavy (non-hydrogen) atoms. The smallest absolute Gasteiger partial charge is 0.341 e. The van der Waals surface area contributed by atoms with Crippen LogP contribution in [0.25, 0.3) is 0 Å². The lowest BCUT2D eigenvalue weighted by molar-refractivity contribution is 0.0601. The summed E-state index contributed by atoms with van der Waals surface area (Å²) in [4.78, 5) is 26.5. The van der Waals surface area contributed by atoms with Crippen LogP contribution in [0, 0.1) is 13.8 Å². The van der Waals surface area contributed by atoms with Crippen LogP contribution in [-0.4, -0.2) is 27.4 Å². The second-order valence-corrected chi connectivity index (χ2v) is 10.7. The van der Waals surface area contributed by atoms with E-state index in [1.54, 1.807) is 31.2 Å². The van der Waals surface area contributed by atoms with Gasteiger partial charge in [0.05, 0.1) is 23.3 Å². The van der Waals surface area contributed by atoms with Gasteiger partial charge in [-0.3, -0.25) is 9.52 Å². The van der Waals surface area contributed by atoms with Gasteiger partial charge in [0.1, 0.15) is 5.00 Å². The molecule has 0 spiro atoms. The van der Waals surface area contributed by atoms with Gasteiger partial charge in [-0.15, -0.1) is 11.3 Å². The maximum Gasteiger partial charge on any atom is 0.341 e. The number of para-hydroxylation sites is 1. The number of ether oxygens (including phenoxy) is 1. The fourth-order valence-electron chi connectivity index (χ4n) is 3.90. The van der Waals surface area contributed by atoms with Gasteiger partial charge in [0.2, 0.25) is 0 Å². The molecule has 3 aromatic rings. The number of benzene rings is 2. The molecule has 0 radical (unpaired) electrons. The van der Waals surface area contributed by atoms with Crippen molar-refractivity contribution < 1.29 is 22.7 Å². The molecule has 0 aliphatic heterocycles. The van der Waals surface area contributed by atoms with E-state index in [4.69, 9.17) is 4.74 Å². The number of esters is 1. The maximum absolute atomic E-state index is 13.1. The summed E-state index contributed by atoms with van der Waals surface area (Å²) in [5.41, 5.74) is 3.27. The molecule has 7 nitrogen and oxygen atoms in total. The van der Waals surface area contributed by atoms with Crippen molar-refractivity contribution in [1.29, 1.82) is 0 Å². The number of fused-ring (bicyclic) bond motifs is 1. The van der Waals surface area contributed by atoms with Gasteiger partial charge in [0.15, 0.2) is 0 Å². The Morgan fingerprint density at radius 3 is 2.52 bits per heavy atom. The lowest BCUT2D eigenvalue weighted by Gasteiger charge is -2.13. The van der Waals surface area contributed by atoms with Crippen LogP contribution >= 0.6 is 11.3 Å². The minimum absolute atomic E-state index is 0.0141. The van der Waals surface area contributed by atoms with Gasteiger partial charge in [0, 0.05) is 10.4 Å². The highest BCUT2D eigenvalue weighted by Gasteiger charge is 2.28. The summed E-state index contributed by atoms with van der Waals surface area (Å²) in [5, 5.41) is 3.22. The Bertz CT molecular complexity index is 1360. The molecule has 1 aliphatic carbocycles. The molecule has 0 unspecified atom stereocenters. The average Bonchev–Trinajstić information content (AvgIpc) is 3.35. The van der Waals surface area contributed by atoms with Crippen molar-refractivity contribution in [3.63, 3.8) is 0 Å². The number of rotatable bonds is 6. The molecule has 0 saturated carbocycles. The van der Waals surface area contributed by atoms with E-state index >= 15 is 0 Å². The van der Waals surface area contributed by atoms with Crippen molar-refractivity contribution in [3.8, 4) is 0 Å². The number of thiophene rings is 1. The fraction of sp³-hybridized carbons (Fsp3) is 0.250. The maximum atomic E-state index is 13.1. The van der Waals surface area contributed by atoms with Gasteiger partial charge in [-0.25, -0.2) is 13.2 Å². The van der Waals surface area contributed by atoms with E-state index in [1.807, 2.05) is 19.1 Å². The molecule has 1 aromatic heterocycles. The first-order valence-corrected chi connectivity index (χ1v) is 12.7. The van der Waals surface area contributed by atoms with Gasteiger partial charge in [0.25, 0.3) is 15.9 Å². The van der Waals surface area contributed by atoms with E-state index in [0.717, 1.165) is 35.3 Å². The molecule has 0 bridgehead atoms. The lowest BCUT2D eigenvalue weighted by atomic mass is 10.1. The number of aryl methyl sites for hydroxylation is 3. The van der Waals surface area contributed by atoms with E-state index < -0.39 is 21.9 Å². The molecule has 1 heterocycles. The van der Waals surface area contributed by atoms with Gasteiger partial charge in [-0.05, 0) is 68.0 Å². The third-order valence-corrected chi connectivity index (χ3v) is 8.38. The van der Waals surface area contributed by atoms with Crippen molar-refractivity contribution >= 4 is 43.9 Å². The molecule has 4 rings (SSSR count). The standard InChI is InChI=1S/C24H24N2O5S2/c1-14-7-4-5-9-18(14)26-33(29,30)20-13-16(12-11-15(20)2)22(27)25-23-21(24(28)31-3)17-8-6-10-19(17)32-23/h4-5,7,9,11-13,26H,6,8,10H2,1-3H3,(H,25,27). The summed E-state index contributed by atoms with van der Waals surface area (Å²) < 4.78 is 33.7. The lowest BCUT2D eigenvalue weighted by Crippen LogP contribution is -2.18. The minimum atomic E-state index is -3.92. The molecule has 0 saturated heterocycles. The zero-order chi connectivity index (χ0) is 23.8. The fourth-order valence-corrected chi connectivity index (χ4v) is 6.58. The number of sulfonamides is 1. The van der Waals surface area contributed by atoms with Gasteiger partial charge < -0.3 is 10.1 Å². The van der Waals surface area contributed by atoms with Gasteiger partial charge in [-0.1, -0.05) is 24.3 Å². The molecule has 1 amide bonds. The number of hydrogen-bond acceptors (Lipinski definition) is 6. The van der Waals surface area contributed by atoms with Crippen molar-refractivity contribution in [2.24, 2.45) is 0 Å².